The largest absolute Gasteiger partial charge is 0.411 e. The minimum atomic E-state index is -3.44. The van der Waals surface area contributed by atoms with E-state index >= 15 is 0 Å². The van der Waals surface area contributed by atoms with E-state index in [1.807, 2.05) is 4.90 Å². The van der Waals surface area contributed by atoms with Crippen molar-refractivity contribution in [3.05, 3.63) is 24.3 Å². The highest BCUT2D eigenvalue weighted by molar-refractivity contribution is 7.99. The molecule has 2 aliphatic rings. The molecule has 0 unspecified atom stereocenters. The van der Waals surface area contributed by atoms with Crippen molar-refractivity contribution >= 4 is 27.7 Å². The van der Waals surface area contributed by atoms with E-state index in [2.05, 4.69) is 10.2 Å². The van der Waals surface area contributed by atoms with Gasteiger partial charge in [0.2, 0.25) is 21.8 Å². The number of nitrogens with zero attached hydrogens (tertiary/aromatic N) is 4. The van der Waals surface area contributed by atoms with Gasteiger partial charge >= 0.3 is 0 Å². The van der Waals surface area contributed by atoms with Crippen LogP contribution in [-0.4, -0.2) is 65.7 Å². The molecule has 8 nitrogen and oxygen atoms in total. The maximum atomic E-state index is 12.6. The number of carbonyl (C=O) groups is 1. The Kier molecular flexibility index (Phi) is 5.70. The van der Waals surface area contributed by atoms with Crippen molar-refractivity contribution in [3.63, 3.8) is 0 Å². The Bertz CT molecular complexity index is 931. The molecule has 2 aromatic rings. The smallest absolute Gasteiger partial charge is 0.277 e. The molecule has 0 N–H and O–H groups in total. The Morgan fingerprint density at radius 2 is 1.64 bits per heavy atom. The van der Waals surface area contributed by atoms with Crippen LogP contribution in [0, 0.1) is 0 Å². The molecule has 1 aromatic heterocycles. The fourth-order valence-electron chi connectivity index (χ4n) is 3.41. The molecule has 2 fully saturated rings. The van der Waals surface area contributed by atoms with E-state index in [9.17, 15) is 13.2 Å². The lowest BCUT2D eigenvalue weighted by Crippen LogP contribution is -2.29. The predicted molar refractivity (Wildman–Crippen MR) is 104 cm³/mol. The second-order valence-electron chi connectivity index (χ2n) is 6.89. The Hall–Kier alpha value is -1.91. The zero-order valence-corrected chi connectivity index (χ0v) is 17.0. The summed E-state index contributed by atoms with van der Waals surface area (Å²) in [5.74, 6) is 0.661. The quantitative estimate of drug-likeness (QED) is 0.659. The second kappa shape index (κ2) is 8.22. The van der Waals surface area contributed by atoms with Crippen LogP contribution in [0.2, 0.25) is 0 Å². The highest BCUT2D eigenvalue weighted by atomic mass is 32.2. The van der Waals surface area contributed by atoms with Gasteiger partial charge in [-0.15, -0.1) is 10.2 Å². The SMILES string of the molecule is O=C(CSc1nnc(-c2ccc(S(=O)(=O)N3CCCC3)cc2)o1)N1CCCC1. The average Bonchev–Trinajstić information content (AvgIpc) is 3.48. The summed E-state index contributed by atoms with van der Waals surface area (Å²) in [6, 6.07) is 6.47. The topological polar surface area (TPSA) is 96.6 Å². The molecule has 10 heteroatoms. The molecule has 3 heterocycles. The normalized spacial score (nSPS) is 18.1. The van der Waals surface area contributed by atoms with Crippen molar-refractivity contribution in [1.82, 2.24) is 19.4 Å². The van der Waals surface area contributed by atoms with Crippen LogP contribution in [0.15, 0.2) is 38.8 Å². The molecule has 2 saturated heterocycles. The van der Waals surface area contributed by atoms with E-state index < -0.39 is 10.0 Å². The maximum Gasteiger partial charge on any atom is 0.277 e. The third-order valence-electron chi connectivity index (χ3n) is 4.99. The molecule has 0 atom stereocenters. The fourth-order valence-corrected chi connectivity index (χ4v) is 5.60. The summed E-state index contributed by atoms with van der Waals surface area (Å²) in [5, 5.41) is 8.31. The third-order valence-corrected chi connectivity index (χ3v) is 7.70. The predicted octanol–water partition coefficient (Wildman–Crippen LogP) is 2.24. The molecule has 4 rings (SSSR count). The van der Waals surface area contributed by atoms with E-state index in [4.69, 9.17) is 4.42 Å². The van der Waals surface area contributed by atoms with Gasteiger partial charge in [0.1, 0.15) is 0 Å². The first-order valence-electron chi connectivity index (χ1n) is 9.39. The summed E-state index contributed by atoms with van der Waals surface area (Å²) >= 11 is 1.22. The Morgan fingerprint density at radius 1 is 1.00 bits per heavy atom. The van der Waals surface area contributed by atoms with Gasteiger partial charge in [0, 0.05) is 31.7 Å². The first-order valence-corrected chi connectivity index (χ1v) is 11.8. The number of likely N-dealkylation sites (tertiary alicyclic amines) is 1. The Labute approximate surface area is 168 Å². The summed E-state index contributed by atoms with van der Waals surface area (Å²) in [6.07, 6.45) is 3.93. The van der Waals surface area contributed by atoms with Gasteiger partial charge in [0.25, 0.3) is 5.22 Å². The Balaban J connectivity index is 1.40. The molecule has 0 aliphatic carbocycles. The summed E-state index contributed by atoms with van der Waals surface area (Å²) in [5.41, 5.74) is 0.644. The molecular formula is C18H22N4O4S2. The average molecular weight is 423 g/mol. The minimum absolute atomic E-state index is 0.0822. The lowest BCUT2D eigenvalue weighted by Gasteiger charge is -2.15. The van der Waals surface area contributed by atoms with Crippen LogP contribution in [0.3, 0.4) is 0 Å². The second-order valence-corrected chi connectivity index (χ2v) is 9.75. The number of sulfonamides is 1. The first kappa shape index (κ1) is 19.4. The highest BCUT2D eigenvalue weighted by Crippen LogP contribution is 2.26. The van der Waals surface area contributed by atoms with Gasteiger partial charge in [-0.3, -0.25) is 4.79 Å². The molecular weight excluding hydrogens is 400 g/mol. The van der Waals surface area contributed by atoms with E-state index in [-0.39, 0.29) is 16.6 Å². The van der Waals surface area contributed by atoms with Crippen molar-refractivity contribution in [1.29, 1.82) is 0 Å². The van der Waals surface area contributed by atoms with Gasteiger partial charge in [-0.25, -0.2) is 8.42 Å². The van der Waals surface area contributed by atoms with Gasteiger partial charge in [-0.2, -0.15) is 4.31 Å². The van der Waals surface area contributed by atoms with Crippen LogP contribution in [0.4, 0.5) is 0 Å². The van der Waals surface area contributed by atoms with Gasteiger partial charge in [-0.1, -0.05) is 11.8 Å². The number of carbonyl (C=O) groups excluding carboxylic acids is 1. The summed E-state index contributed by atoms with van der Waals surface area (Å²) in [4.78, 5) is 14.2. The summed E-state index contributed by atoms with van der Waals surface area (Å²) in [6.45, 7) is 2.79. The lowest BCUT2D eigenvalue weighted by molar-refractivity contribution is -0.127. The van der Waals surface area contributed by atoms with Crippen molar-refractivity contribution in [2.75, 3.05) is 31.9 Å². The van der Waals surface area contributed by atoms with Gasteiger partial charge in [0.05, 0.1) is 10.6 Å². The van der Waals surface area contributed by atoms with Gasteiger partial charge in [-0.05, 0) is 49.9 Å². The molecule has 0 spiro atoms. The van der Waals surface area contributed by atoms with Crippen molar-refractivity contribution < 1.29 is 17.6 Å². The zero-order chi connectivity index (χ0) is 19.6. The van der Waals surface area contributed by atoms with Crippen LogP contribution in [0.25, 0.3) is 11.5 Å². The third kappa shape index (κ3) is 4.08. The van der Waals surface area contributed by atoms with E-state index in [1.165, 1.54) is 16.1 Å². The van der Waals surface area contributed by atoms with Crippen LogP contribution in [-0.2, 0) is 14.8 Å². The van der Waals surface area contributed by atoms with E-state index in [0.29, 0.717) is 29.8 Å². The summed E-state index contributed by atoms with van der Waals surface area (Å²) in [7, 11) is -3.44. The molecule has 0 bridgehead atoms. The van der Waals surface area contributed by atoms with Crippen molar-refractivity contribution in [2.45, 2.75) is 35.8 Å². The number of benzene rings is 1. The van der Waals surface area contributed by atoms with Crippen LogP contribution < -0.4 is 0 Å². The van der Waals surface area contributed by atoms with Gasteiger partial charge in [0.15, 0.2) is 0 Å². The monoisotopic (exact) mass is 422 g/mol. The molecule has 2 aliphatic heterocycles. The molecule has 150 valence electrons. The number of aromatic nitrogens is 2. The molecule has 1 amide bonds. The highest BCUT2D eigenvalue weighted by Gasteiger charge is 2.27. The number of hydrogen-bond donors (Lipinski definition) is 0. The molecule has 1 aromatic carbocycles. The molecule has 0 saturated carbocycles. The standard InChI is InChI=1S/C18H22N4O4S2/c23-16(21-9-1-2-10-21)13-27-18-20-19-17(26-18)14-5-7-15(8-6-14)28(24,25)22-11-3-4-12-22/h5-8H,1-4,9-13H2. The van der Waals surface area contributed by atoms with E-state index in [0.717, 1.165) is 38.8 Å². The number of thioether (sulfide) groups is 1. The van der Waals surface area contributed by atoms with Crippen molar-refractivity contribution in [3.8, 4) is 11.5 Å². The van der Waals surface area contributed by atoms with Crippen LogP contribution in [0.5, 0.6) is 0 Å². The lowest BCUT2D eigenvalue weighted by atomic mass is 10.2. The van der Waals surface area contributed by atoms with E-state index in [1.54, 1.807) is 24.3 Å². The fraction of sp³-hybridized carbons (Fsp3) is 0.500. The van der Waals surface area contributed by atoms with Crippen LogP contribution in [0.1, 0.15) is 25.7 Å². The maximum absolute atomic E-state index is 12.6. The van der Waals surface area contributed by atoms with Gasteiger partial charge < -0.3 is 9.32 Å². The zero-order valence-electron chi connectivity index (χ0n) is 15.4. The number of rotatable bonds is 6. The van der Waals surface area contributed by atoms with Crippen molar-refractivity contribution in [2.24, 2.45) is 0 Å². The van der Waals surface area contributed by atoms with Crippen LogP contribution >= 0.6 is 11.8 Å². The number of amides is 1. The Morgan fingerprint density at radius 3 is 2.32 bits per heavy atom. The molecule has 28 heavy (non-hydrogen) atoms. The summed E-state index contributed by atoms with van der Waals surface area (Å²) < 4.78 is 32.3. The first-order chi connectivity index (χ1) is 13.5. The number of hydrogen-bond acceptors (Lipinski definition) is 7. The molecule has 0 radical (unpaired) electrons. The minimum Gasteiger partial charge on any atom is -0.411 e.